The number of benzene rings is 1. The van der Waals surface area contributed by atoms with Crippen LogP contribution < -0.4 is 4.90 Å². The van der Waals surface area contributed by atoms with E-state index in [4.69, 9.17) is 0 Å². The highest BCUT2D eigenvalue weighted by Crippen LogP contribution is 2.20. The fraction of sp³-hybridized carbons (Fsp3) is 0.214. The normalized spacial score (nSPS) is 10.9. The van der Waals surface area contributed by atoms with Crippen LogP contribution in [0.2, 0.25) is 0 Å². The molecule has 2 aromatic heterocycles. The highest BCUT2D eigenvalue weighted by atomic mass is 19.1. The van der Waals surface area contributed by atoms with Gasteiger partial charge in [0, 0.05) is 19.7 Å². The predicted octanol–water partition coefficient (Wildman–Crippen LogP) is 2.08. The third-order valence-corrected chi connectivity index (χ3v) is 3.10. The third kappa shape index (κ3) is 2.09. The molecule has 2 heterocycles. The van der Waals surface area contributed by atoms with Crippen LogP contribution >= 0.6 is 0 Å². The Morgan fingerprint density at radius 2 is 1.95 bits per heavy atom. The van der Waals surface area contributed by atoms with Gasteiger partial charge in [0.2, 0.25) is 0 Å². The Morgan fingerprint density at radius 3 is 2.70 bits per heavy atom. The van der Waals surface area contributed by atoms with Crippen molar-refractivity contribution in [3.8, 4) is 0 Å². The summed E-state index contributed by atoms with van der Waals surface area (Å²) in [5.41, 5.74) is 2.03. The van der Waals surface area contributed by atoms with Crippen LogP contribution in [0, 0.1) is 5.82 Å². The Balaban J connectivity index is 2.06. The highest BCUT2D eigenvalue weighted by Gasteiger charge is 2.12. The van der Waals surface area contributed by atoms with E-state index in [1.807, 2.05) is 29.6 Å². The van der Waals surface area contributed by atoms with Crippen molar-refractivity contribution in [1.29, 1.82) is 0 Å². The lowest BCUT2D eigenvalue weighted by Gasteiger charge is -2.11. The largest absolute Gasteiger partial charge is 0.361 e. The average Bonchev–Trinajstić information content (AvgIpc) is 2.84. The number of halogens is 1. The van der Waals surface area contributed by atoms with Crippen LogP contribution in [0.15, 0.2) is 36.9 Å². The third-order valence-electron chi connectivity index (χ3n) is 3.10. The summed E-state index contributed by atoms with van der Waals surface area (Å²) in [5.74, 6) is 0.526. The van der Waals surface area contributed by atoms with Crippen LogP contribution in [-0.4, -0.2) is 33.6 Å². The van der Waals surface area contributed by atoms with E-state index in [0.717, 1.165) is 5.82 Å². The Morgan fingerprint density at radius 1 is 1.15 bits per heavy atom. The molecule has 0 radical (unpaired) electrons. The number of nitrogens with zero attached hydrogens (tertiary/aromatic N) is 5. The van der Waals surface area contributed by atoms with Crippen molar-refractivity contribution in [2.75, 3.05) is 19.0 Å². The monoisotopic (exact) mass is 271 g/mol. The average molecular weight is 271 g/mol. The lowest BCUT2D eigenvalue weighted by molar-refractivity contribution is 0.601. The molecule has 0 atom stereocenters. The summed E-state index contributed by atoms with van der Waals surface area (Å²) in [7, 11) is 3.80. The molecule has 3 rings (SSSR count). The molecule has 0 saturated heterocycles. The van der Waals surface area contributed by atoms with Crippen LogP contribution in [0.25, 0.3) is 11.2 Å². The van der Waals surface area contributed by atoms with Gasteiger partial charge in [-0.15, -0.1) is 0 Å². The molecule has 6 heteroatoms. The van der Waals surface area contributed by atoms with Crippen LogP contribution in [0.5, 0.6) is 0 Å². The lowest BCUT2D eigenvalue weighted by atomic mass is 10.2. The van der Waals surface area contributed by atoms with Gasteiger partial charge in [0.25, 0.3) is 0 Å². The summed E-state index contributed by atoms with van der Waals surface area (Å²) in [6.07, 6.45) is 3.16. The fourth-order valence-electron chi connectivity index (χ4n) is 2.12. The topological polar surface area (TPSA) is 46.8 Å². The molecule has 0 saturated carbocycles. The first-order valence-electron chi connectivity index (χ1n) is 6.23. The van der Waals surface area contributed by atoms with E-state index in [1.165, 1.54) is 12.4 Å². The number of hydrogen-bond donors (Lipinski definition) is 0. The van der Waals surface area contributed by atoms with Gasteiger partial charge in [-0.05, 0) is 6.07 Å². The molecular weight excluding hydrogens is 257 g/mol. The van der Waals surface area contributed by atoms with Gasteiger partial charge in [0.15, 0.2) is 17.0 Å². The number of imidazole rings is 1. The molecule has 1 aromatic carbocycles. The van der Waals surface area contributed by atoms with Gasteiger partial charge in [0.1, 0.15) is 12.1 Å². The smallest absolute Gasteiger partial charge is 0.165 e. The molecule has 0 bridgehead atoms. The highest BCUT2D eigenvalue weighted by molar-refractivity contribution is 5.83. The molecule has 0 N–H and O–H groups in total. The van der Waals surface area contributed by atoms with E-state index in [9.17, 15) is 4.39 Å². The molecule has 0 unspecified atom stereocenters. The minimum absolute atomic E-state index is 0.226. The predicted molar refractivity (Wildman–Crippen MR) is 75.2 cm³/mol. The molecular formula is C14H14FN5. The van der Waals surface area contributed by atoms with Crippen molar-refractivity contribution in [1.82, 2.24) is 19.5 Å². The second-order valence-electron chi connectivity index (χ2n) is 4.73. The van der Waals surface area contributed by atoms with E-state index >= 15 is 0 Å². The summed E-state index contributed by atoms with van der Waals surface area (Å²) < 4.78 is 15.5. The van der Waals surface area contributed by atoms with Crippen molar-refractivity contribution >= 4 is 17.0 Å². The lowest BCUT2D eigenvalue weighted by Crippen LogP contribution is -2.11. The molecule has 0 aliphatic carbocycles. The van der Waals surface area contributed by atoms with E-state index in [-0.39, 0.29) is 5.82 Å². The van der Waals surface area contributed by atoms with E-state index in [2.05, 4.69) is 15.0 Å². The zero-order chi connectivity index (χ0) is 14.1. The Labute approximate surface area is 115 Å². The second-order valence-corrected chi connectivity index (χ2v) is 4.73. The number of aromatic nitrogens is 4. The van der Waals surface area contributed by atoms with Gasteiger partial charge in [-0.2, -0.15) is 0 Å². The quantitative estimate of drug-likeness (QED) is 0.731. The number of fused-ring (bicyclic) bond motifs is 1. The first-order chi connectivity index (χ1) is 9.66. The number of rotatable bonds is 3. The summed E-state index contributed by atoms with van der Waals surface area (Å²) in [4.78, 5) is 14.7. The fourth-order valence-corrected chi connectivity index (χ4v) is 2.12. The van der Waals surface area contributed by atoms with Gasteiger partial charge in [0.05, 0.1) is 12.9 Å². The molecule has 5 nitrogen and oxygen atoms in total. The Hall–Kier alpha value is -2.50. The minimum atomic E-state index is -0.226. The Kier molecular flexibility index (Phi) is 3.06. The molecule has 0 aliphatic heterocycles. The van der Waals surface area contributed by atoms with Crippen molar-refractivity contribution in [2.24, 2.45) is 0 Å². The molecule has 20 heavy (non-hydrogen) atoms. The van der Waals surface area contributed by atoms with Gasteiger partial charge in [-0.3, -0.25) is 0 Å². The number of anilines is 1. The first-order valence-corrected chi connectivity index (χ1v) is 6.23. The van der Waals surface area contributed by atoms with Crippen molar-refractivity contribution in [3.63, 3.8) is 0 Å². The maximum absolute atomic E-state index is 13.7. The summed E-state index contributed by atoms with van der Waals surface area (Å²) in [6.45, 7) is 0.396. The molecule has 0 spiro atoms. The molecule has 0 aliphatic rings. The molecule has 0 fully saturated rings. The maximum atomic E-state index is 13.7. The van der Waals surface area contributed by atoms with Crippen molar-refractivity contribution < 1.29 is 4.39 Å². The zero-order valence-corrected chi connectivity index (χ0v) is 11.3. The Bertz CT molecular complexity index is 750. The van der Waals surface area contributed by atoms with E-state index in [1.54, 1.807) is 18.5 Å². The van der Waals surface area contributed by atoms with Gasteiger partial charge < -0.3 is 9.47 Å². The van der Waals surface area contributed by atoms with Crippen LogP contribution in [0.1, 0.15) is 5.56 Å². The van der Waals surface area contributed by atoms with Gasteiger partial charge in [-0.25, -0.2) is 19.3 Å². The summed E-state index contributed by atoms with van der Waals surface area (Å²) in [5, 5.41) is 0. The van der Waals surface area contributed by atoms with Crippen LogP contribution in [0.3, 0.4) is 0 Å². The molecule has 0 amide bonds. The zero-order valence-electron chi connectivity index (χ0n) is 11.3. The maximum Gasteiger partial charge on any atom is 0.165 e. The van der Waals surface area contributed by atoms with E-state index in [0.29, 0.717) is 23.3 Å². The van der Waals surface area contributed by atoms with Crippen molar-refractivity contribution in [3.05, 3.63) is 48.3 Å². The molecule has 102 valence electrons. The summed E-state index contributed by atoms with van der Waals surface area (Å²) >= 11 is 0. The van der Waals surface area contributed by atoms with Gasteiger partial charge >= 0.3 is 0 Å². The summed E-state index contributed by atoms with van der Waals surface area (Å²) in [6, 6.07) is 6.71. The van der Waals surface area contributed by atoms with E-state index < -0.39 is 0 Å². The minimum Gasteiger partial charge on any atom is -0.361 e. The first kappa shape index (κ1) is 12.5. The molecule has 3 aromatic rings. The van der Waals surface area contributed by atoms with Crippen LogP contribution in [-0.2, 0) is 6.54 Å². The second kappa shape index (κ2) is 4.88. The standard InChI is InChI=1S/C14H14FN5/c1-19(2)13-12-14(17-8-16-13)20(9-18-12)7-10-5-3-4-6-11(10)15/h3-6,8-9H,7H2,1-2H3. The van der Waals surface area contributed by atoms with Crippen LogP contribution in [0.4, 0.5) is 10.2 Å². The van der Waals surface area contributed by atoms with Crippen molar-refractivity contribution in [2.45, 2.75) is 6.54 Å². The van der Waals surface area contributed by atoms with Gasteiger partial charge in [-0.1, -0.05) is 18.2 Å². The SMILES string of the molecule is CN(C)c1ncnc2c1ncn2Cc1ccccc1F. The number of hydrogen-bond acceptors (Lipinski definition) is 4.